The van der Waals surface area contributed by atoms with Crippen molar-refractivity contribution < 1.29 is 19.1 Å². The molecule has 0 fully saturated rings. The molecule has 1 atom stereocenters. The molecule has 7 nitrogen and oxygen atoms in total. The molecule has 0 spiro atoms. The molecule has 31 heavy (non-hydrogen) atoms. The normalized spacial score (nSPS) is 11.9. The Bertz CT molecular complexity index is 1060. The van der Waals surface area contributed by atoms with Gasteiger partial charge in [-0.05, 0) is 35.7 Å². The molecular weight excluding hydrogens is 418 g/mol. The van der Waals surface area contributed by atoms with E-state index in [2.05, 4.69) is 15.6 Å². The zero-order valence-corrected chi connectivity index (χ0v) is 18.5. The van der Waals surface area contributed by atoms with Crippen molar-refractivity contribution in [1.82, 2.24) is 10.3 Å². The number of alkyl carbamates (subject to hydrolysis) is 1. The number of aromatic nitrogens is 1. The molecule has 1 aromatic heterocycles. The lowest BCUT2D eigenvalue weighted by molar-refractivity contribution is -0.118. The highest BCUT2D eigenvalue weighted by atomic mass is 35.5. The van der Waals surface area contributed by atoms with Crippen LogP contribution < -0.4 is 15.4 Å². The van der Waals surface area contributed by atoms with E-state index in [0.29, 0.717) is 16.5 Å². The van der Waals surface area contributed by atoms with E-state index in [1.54, 1.807) is 18.2 Å². The molecule has 0 bridgehead atoms. The van der Waals surface area contributed by atoms with Crippen LogP contribution in [0.15, 0.2) is 48.7 Å². The third-order valence-electron chi connectivity index (χ3n) is 4.67. The Labute approximate surface area is 186 Å². The molecule has 0 radical (unpaired) electrons. The van der Waals surface area contributed by atoms with Crippen LogP contribution >= 0.6 is 11.6 Å². The number of para-hydroxylation sites is 1. The van der Waals surface area contributed by atoms with E-state index in [-0.39, 0.29) is 18.9 Å². The third kappa shape index (κ3) is 5.92. The summed E-state index contributed by atoms with van der Waals surface area (Å²) >= 11 is 6.07. The minimum Gasteiger partial charge on any atom is -0.495 e. The number of H-pyrrole nitrogens is 1. The summed E-state index contributed by atoms with van der Waals surface area (Å²) in [4.78, 5) is 28.6. The number of nitrogens with one attached hydrogen (secondary N) is 3. The zero-order chi connectivity index (χ0) is 22.4. The Kier molecular flexibility index (Phi) is 7.41. The van der Waals surface area contributed by atoms with Gasteiger partial charge in [0.25, 0.3) is 0 Å². The lowest BCUT2D eigenvalue weighted by atomic mass is 10.0. The predicted octanol–water partition coefficient (Wildman–Crippen LogP) is 4.76. The first-order valence-electron chi connectivity index (χ1n) is 10.00. The largest absolute Gasteiger partial charge is 0.495 e. The summed E-state index contributed by atoms with van der Waals surface area (Å²) in [6.07, 6.45) is 1.47. The number of carbonyl (C=O) groups excluding carboxylic acids is 2. The van der Waals surface area contributed by atoms with Gasteiger partial charge in [-0.3, -0.25) is 4.79 Å². The van der Waals surface area contributed by atoms with Crippen LogP contribution in [0.1, 0.15) is 19.4 Å². The van der Waals surface area contributed by atoms with E-state index in [1.165, 1.54) is 7.11 Å². The Morgan fingerprint density at radius 3 is 2.68 bits per heavy atom. The first-order valence-corrected chi connectivity index (χ1v) is 10.4. The number of anilines is 1. The van der Waals surface area contributed by atoms with Crippen LogP contribution in [-0.4, -0.2) is 36.7 Å². The number of fused-ring (bicyclic) bond motifs is 1. The molecule has 2 aromatic carbocycles. The summed E-state index contributed by atoms with van der Waals surface area (Å²) in [6.45, 7) is 4.14. The number of ether oxygens (including phenoxy) is 2. The van der Waals surface area contributed by atoms with E-state index < -0.39 is 18.0 Å². The van der Waals surface area contributed by atoms with Crippen molar-refractivity contribution in [3.63, 3.8) is 0 Å². The van der Waals surface area contributed by atoms with Crippen molar-refractivity contribution in [2.75, 3.05) is 19.0 Å². The smallest absolute Gasteiger partial charge is 0.407 e. The molecule has 3 N–H and O–H groups in total. The Hall–Kier alpha value is -3.19. The van der Waals surface area contributed by atoms with Gasteiger partial charge in [0.05, 0.1) is 19.4 Å². The minimum atomic E-state index is -0.873. The van der Waals surface area contributed by atoms with Crippen molar-refractivity contribution >= 4 is 40.2 Å². The molecule has 0 aliphatic heterocycles. The van der Waals surface area contributed by atoms with Crippen molar-refractivity contribution in [3.8, 4) is 5.75 Å². The van der Waals surface area contributed by atoms with Crippen LogP contribution in [-0.2, 0) is 16.0 Å². The maximum absolute atomic E-state index is 13.1. The summed E-state index contributed by atoms with van der Waals surface area (Å²) in [6, 6.07) is 11.8. The van der Waals surface area contributed by atoms with Crippen molar-refractivity contribution in [1.29, 1.82) is 0 Å². The van der Waals surface area contributed by atoms with Gasteiger partial charge in [-0.15, -0.1) is 0 Å². The molecule has 0 aliphatic carbocycles. The van der Waals surface area contributed by atoms with Gasteiger partial charge in [0, 0.05) is 28.5 Å². The van der Waals surface area contributed by atoms with Gasteiger partial charge in [-0.1, -0.05) is 43.6 Å². The molecule has 0 saturated carbocycles. The average molecular weight is 444 g/mol. The third-order valence-corrected chi connectivity index (χ3v) is 4.91. The molecule has 2 amide bonds. The van der Waals surface area contributed by atoms with E-state index in [9.17, 15) is 9.59 Å². The standard InChI is InChI=1S/C23H26ClN3O4/c1-14(2)13-31-23(29)27-20(10-15-12-25-18-7-5-4-6-17(15)18)22(28)26-19-11-16(24)8-9-21(19)30-3/h4-9,11-12,14,20,25H,10,13H2,1-3H3,(H,26,28)(H,27,29)/t20-/m0/s1. The number of halogens is 1. The number of hydrogen-bond acceptors (Lipinski definition) is 4. The molecule has 3 aromatic rings. The topological polar surface area (TPSA) is 92.5 Å². The van der Waals surface area contributed by atoms with Crippen LogP contribution in [0.25, 0.3) is 10.9 Å². The molecule has 0 saturated heterocycles. The number of hydrogen-bond donors (Lipinski definition) is 3. The number of amides is 2. The lowest BCUT2D eigenvalue weighted by Crippen LogP contribution is -2.45. The van der Waals surface area contributed by atoms with Gasteiger partial charge in [0.15, 0.2) is 0 Å². The molecule has 164 valence electrons. The van der Waals surface area contributed by atoms with Gasteiger partial charge in [0.2, 0.25) is 5.91 Å². The summed E-state index contributed by atoms with van der Waals surface area (Å²) in [5.74, 6) is 0.237. The summed E-state index contributed by atoms with van der Waals surface area (Å²) in [5, 5.41) is 6.93. The molecule has 8 heteroatoms. The Morgan fingerprint density at radius 1 is 1.16 bits per heavy atom. The molecular formula is C23H26ClN3O4. The number of rotatable bonds is 8. The van der Waals surface area contributed by atoms with Crippen LogP contribution in [0, 0.1) is 5.92 Å². The van der Waals surface area contributed by atoms with Gasteiger partial charge >= 0.3 is 6.09 Å². The number of carbonyl (C=O) groups is 2. The van der Waals surface area contributed by atoms with Crippen LogP contribution in [0.5, 0.6) is 5.75 Å². The number of benzene rings is 2. The summed E-state index contributed by atoms with van der Waals surface area (Å²) in [7, 11) is 1.50. The second-order valence-electron chi connectivity index (χ2n) is 7.59. The highest BCUT2D eigenvalue weighted by molar-refractivity contribution is 6.31. The van der Waals surface area contributed by atoms with E-state index in [0.717, 1.165) is 16.5 Å². The van der Waals surface area contributed by atoms with Gasteiger partial charge in [0.1, 0.15) is 11.8 Å². The molecule has 3 rings (SSSR count). The maximum atomic E-state index is 13.1. The van der Waals surface area contributed by atoms with E-state index in [4.69, 9.17) is 21.1 Å². The highest BCUT2D eigenvalue weighted by Gasteiger charge is 2.24. The van der Waals surface area contributed by atoms with Gasteiger partial charge in [-0.25, -0.2) is 4.79 Å². The molecule has 0 unspecified atom stereocenters. The van der Waals surface area contributed by atoms with Gasteiger partial charge < -0.3 is 25.1 Å². The fraction of sp³-hybridized carbons (Fsp3) is 0.304. The number of aromatic amines is 1. The fourth-order valence-electron chi connectivity index (χ4n) is 3.15. The zero-order valence-electron chi connectivity index (χ0n) is 17.7. The van der Waals surface area contributed by atoms with Crippen LogP contribution in [0.2, 0.25) is 5.02 Å². The Balaban J connectivity index is 1.83. The van der Waals surface area contributed by atoms with Crippen LogP contribution in [0.3, 0.4) is 0 Å². The first kappa shape index (κ1) is 22.5. The monoisotopic (exact) mass is 443 g/mol. The SMILES string of the molecule is COc1ccc(Cl)cc1NC(=O)[C@H](Cc1c[nH]c2ccccc12)NC(=O)OCC(C)C. The minimum absolute atomic E-state index is 0.183. The van der Waals surface area contributed by atoms with Crippen LogP contribution in [0.4, 0.5) is 10.5 Å². The van der Waals surface area contributed by atoms with Crippen molar-refractivity contribution in [3.05, 3.63) is 59.2 Å². The number of methoxy groups -OCH3 is 1. The summed E-state index contributed by atoms with van der Waals surface area (Å²) in [5.41, 5.74) is 2.27. The van der Waals surface area contributed by atoms with E-state index >= 15 is 0 Å². The molecule has 1 heterocycles. The Morgan fingerprint density at radius 2 is 1.94 bits per heavy atom. The first-order chi connectivity index (χ1) is 14.9. The predicted molar refractivity (Wildman–Crippen MR) is 122 cm³/mol. The van der Waals surface area contributed by atoms with E-state index in [1.807, 2.05) is 44.3 Å². The quantitative estimate of drug-likeness (QED) is 0.468. The second kappa shape index (κ2) is 10.2. The highest BCUT2D eigenvalue weighted by Crippen LogP contribution is 2.28. The maximum Gasteiger partial charge on any atom is 0.407 e. The fourth-order valence-corrected chi connectivity index (χ4v) is 3.33. The van der Waals surface area contributed by atoms with Gasteiger partial charge in [-0.2, -0.15) is 0 Å². The van der Waals surface area contributed by atoms with Crippen molar-refractivity contribution in [2.24, 2.45) is 5.92 Å². The average Bonchev–Trinajstić information content (AvgIpc) is 3.15. The second-order valence-corrected chi connectivity index (χ2v) is 8.02. The molecule has 0 aliphatic rings. The lowest BCUT2D eigenvalue weighted by Gasteiger charge is -2.19. The van der Waals surface area contributed by atoms with Crippen molar-refractivity contribution in [2.45, 2.75) is 26.3 Å². The summed E-state index contributed by atoms with van der Waals surface area (Å²) < 4.78 is 10.5.